The summed E-state index contributed by atoms with van der Waals surface area (Å²) in [6.07, 6.45) is 4.15. The quantitative estimate of drug-likeness (QED) is 0.719. The molecule has 0 aliphatic carbocycles. The number of H-pyrrole nitrogens is 1. The number of thioether (sulfide) groups is 1. The zero-order valence-corrected chi connectivity index (χ0v) is 13.3. The molecule has 0 atom stereocenters. The lowest BCUT2D eigenvalue weighted by Gasteiger charge is -2.22. The summed E-state index contributed by atoms with van der Waals surface area (Å²) in [6, 6.07) is 8.13. The average Bonchev–Trinajstić information content (AvgIpc) is 2.93. The first-order valence-corrected chi connectivity index (χ1v) is 8.96. The van der Waals surface area contributed by atoms with Crippen LogP contribution in [0, 0.1) is 0 Å². The SMILES string of the molecule is c1ccc2c(c1)[nH]c1nc(SCC[NH+]3CCCCC3)nnc12. The zero-order valence-electron chi connectivity index (χ0n) is 12.5. The topological polar surface area (TPSA) is 58.9 Å². The molecule has 0 unspecified atom stereocenters. The first-order valence-electron chi connectivity index (χ1n) is 7.98. The summed E-state index contributed by atoms with van der Waals surface area (Å²) in [4.78, 5) is 9.67. The van der Waals surface area contributed by atoms with E-state index in [1.165, 1.54) is 38.9 Å². The highest BCUT2D eigenvalue weighted by atomic mass is 32.2. The number of aromatic amines is 1. The Morgan fingerprint density at radius 1 is 1.09 bits per heavy atom. The van der Waals surface area contributed by atoms with Gasteiger partial charge in [-0.15, -0.1) is 10.2 Å². The number of rotatable bonds is 4. The van der Waals surface area contributed by atoms with E-state index in [1.807, 2.05) is 18.2 Å². The largest absolute Gasteiger partial charge is 0.338 e. The number of hydrogen-bond acceptors (Lipinski definition) is 4. The molecule has 0 amide bonds. The number of hydrogen-bond donors (Lipinski definition) is 2. The molecule has 2 aromatic heterocycles. The molecule has 1 fully saturated rings. The minimum Gasteiger partial charge on any atom is -0.338 e. The second kappa shape index (κ2) is 6.22. The van der Waals surface area contributed by atoms with Gasteiger partial charge in [-0.25, -0.2) is 4.98 Å². The third-order valence-corrected chi connectivity index (χ3v) is 5.19. The van der Waals surface area contributed by atoms with E-state index < -0.39 is 0 Å². The summed E-state index contributed by atoms with van der Waals surface area (Å²) in [7, 11) is 0. The molecule has 6 heteroatoms. The normalized spacial score (nSPS) is 16.5. The van der Waals surface area contributed by atoms with E-state index in [9.17, 15) is 0 Å². The Hall–Kier alpha value is -1.66. The summed E-state index contributed by atoms with van der Waals surface area (Å²) < 4.78 is 0. The summed E-state index contributed by atoms with van der Waals surface area (Å²) in [5, 5.41) is 10.5. The number of piperidine rings is 1. The maximum Gasteiger partial charge on any atom is 0.211 e. The van der Waals surface area contributed by atoms with Crippen LogP contribution < -0.4 is 4.90 Å². The Bertz CT molecular complexity index is 778. The molecule has 1 aromatic carbocycles. The van der Waals surface area contributed by atoms with Crippen molar-refractivity contribution in [2.24, 2.45) is 0 Å². The number of quaternary nitrogens is 1. The predicted molar refractivity (Wildman–Crippen MR) is 89.3 cm³/mol. The summed E-state index contributed by atoms with van der Waals surface area (Å²) >= 11 is 1.71. The van der Waals surface area contributed by atoms with E-state index in [2.05, 4.69) is 26.2 Å². The standard InChI is InChI=1S/C16H19N5S/c1-4-8-21(9-5-1)10-11-22-16-18-15-14(19-20-16)12-6-2-3-7-13(12)17-15/h2-3,6-7H,1,4-5,8-11H2,(H,17,18,20)/p+1. The molecule has 0 bridgehead atoms. The van der Waals surface area contributed by atoms with Gasteiger partial charge in [0.1, 0.15) is 5.52 Å². The molecule has 2 N–H and O–H groups in total. The molecule has 0 saturated carbocycles. The van der Waals surface area contributed by atoms with Crippen molar-refractivity contribution in [2.75, 3.05) is 25.4 Å². The molecule has 4 rings (SSSR count). The van der Waals surface area contributed by atoms with Crippen LogP contribution in [-0.2, 0) is 0 Å². The number of nitrogens with zero attached hydrogens (tertiary/aromatic N) is 3. The first kappa shape index (κ1) is 14.0. The number of fused-ring (bicyclic) bond motifs is 3. The molecule has 0 spiro atoms. The smallest absolute Gasteiger partial charge is 0.211 e. The maximum absolute atomic E-state index is 4.62. The van der Waals surface area contributed by atoms with Gasteiger partial charge in [0.15, 0.2) is 5.65 Å². The molecule has 5 nitrogen and oxygen atoms in total. The van der Waals surface area contributed by atoms with Gasteiger partial charge in [0.25, 0.3) is 0 Å². The van der Waals surface area contributed by atoms with Crippen molar-refractivity contribution < 1.29 is 4.90 Å². The van der Waals surface area contributed by atoms with E-state index in [-0.39, 0.29) is 0 Å². The lowest BCUT2D eigenvalue weighted by Crippen LogP contribution is -3.13. The third-order valence-electron chi connectivity index (χ3n) is 4.35. The van der Waals surface area contributed by atoms with Crippen molar-refractivity contribution in [1.82, 2.24) is 20.2 Å². The second-order valence-corrected chi connectivity index (χ2v) is 6.93. The van der Waals surface area contributed by atoms with Crippen LogP contribution in [0.1, 0.15) is 19.3 Å². The minimum atomic E-state index is 0.774. The third kappa shape index (κ3) is 2.80. The molecule has 1 aliphatic rings. The van der Waals surface area contributed by atoms with Crippen LogP contribution in [0.3, 0.4) is 0 Å². The summed E-state index contributed by atoms with van der Waals surface area (Å²) in [5.74, 6) is 1.06. The lowest BCUT2D eigenvalue weighted by molar-refractivity contribution is -0.902. The van der Waals surface area contributed by atoms with Gasteiger partial charge in [-0.3, -0.25) is 0 Å². The first-order chi connectivity index (χ1) is 10.9. The molecule has 0 radical (unpaired) electrons. The Morgan fingerprint density at radius 3 is 2.86 bits per heavy atom. The fourth-order valence-electron chi connectivity index (χ4n) is 3.16. The highest BCUT2D eigenvalue weighted by Crippen LogP contribution is 2.22. The molecule has 3 heterocycles. The van der Waals surface area contributed by atoms with E-state index in [4.69, 9.17) is 0 Å². The number of nitrogens with one attached hydrogen (secondary N) is 2. The summed E-state index contributed by atoms with van der Waals surface area (Å²) in [6.45, 7) is 3.83. The highest BCUT2D eigenvalue weighted by molar-refractivity contribution is 7.99. The molecule has 114 valence electrons. The van der Waals surface area contributed by atoms with Crippen molar-refractivity contribution in [1.29, 1.82) is 0 Å². The fourth-order valence-corrected chi connectivity index (χ4v) is 3.98. The monoisotopic (exact) mass is 314 g/mol. The molecule has 3 aromatic rings. The van der Waals surface area contributed by atoms with Crippen LogP contribution >= 0.6 is 11.8 Å². The minimum absolute atomic E-state index is 0.774. The van der Waals surface area contributed by atoms with E-state index in [0.717, 1.165) is 33.0 Å². The number of para-hydroxylation sites is 1. The van der Waals surface area contributed by atoms with Crippen molar-refractivity contribution in [2.45, 2.75) is 24.4 Å². The van der Waals surface area contributed by atoms with Crippen molar-refractivity contribution in [3.8, 4) is 0 Å². The van der Waals surface area contributed by atoms with Crippen LogP contribution in [0.4, 0.5) is 0 Å². The van der Waals surface area contributed by atoms with Crippen LogP contribution in [0.5, 0.6) is 0 Å². The van der Waals surface area contributed by atoms with E-state index >= 15 is 0 Å². The van der Waals surface area contributed by atoms with Crippen LogP contribution in [0.15, 0.2) is 29.4 Å². The zero-order chi connectivity index (χ0) is 14.8. The molecular formula is C16H20N5S+. The molecular weight excluding hydrogens is 294 g/mol. The van der Waals surface area contributed by atoms with Crippen LogP contribution in [0.25, 0.3) is 22.1 Å². The van der Waals surface area contributed by atoms with Gasteiger partial charge in [-0.1, -0.05) is 30.0 Å². The summed E-state index contributed by atoms with van der Waals surface area (Å²) in [5.41, 5.74) is 2.77. The van der Waals surface area contributed by atoms with Crippen LogP contribution in [-0.4, -0.2) is 45.6 Å². The van der Waals surface area contributed by atoms with Gasteiger partial charge >= 0.3 is 0 Å². The van der Waals surface area contributed by atoms with Crippen molar-refractivity contribution in [3.05, 3.63) is 24.3 Å². The van der Waals surface area contributed by atoms with E-state index in [0.29, 0.717) is 0 Å². The van der Waals surface area contributed by atoms with Gasteiger partial charge in [-0.05, 0) is 25.3 Å². The number of aromatic nitrogens is 4. The number of likely N-dealkylation sites (tertiary alicyclic amines) is 1. The molecule has 1 aliphatic heterocycles. The van der Waals surface area contributed by atoms with Crippen molar-refractivity contribution in [3.63, 3.8) is 0 Å². The Balaban J connectivity index is 1.46. The van der Waals surface area contributed by atoms with Gasteiger partial charge in [0.2, 0.25) is 5.16 Å². The second-order valence-electron chi connectivity index (χ2n) is 5.87. The number of benzene rings is 1. The van der Waals surface area contributed by atoms with Gasteiger partial charge in [0.05, 0.1) is 25.4 Å². The molecule has 1 saturated heterocycles. The fraction of sp³-hybridized carbons (Fsp3) is 0.438. The van der Waals surface area contributed by atoms with E-state index in [1.54, 1.807) is 16.7 Å². The predicted octanol–water partition coefficient (Wildman–Crippen LogP) is 1.67. The lowest BCUT2D eigenvalue weighted by atomic mass is 10.1. The average molecular weight is 314 g/mol. The Labute approximate surface area is 133 Å². The molecule has 22 heavy (non-hydrogen) atoms. The van der Waals surface area contributed by atoms with Gasteiger partial charge in [-0.2, -0.15) is 0 Å². The van der Waals surface area contributed by atoms with Gasteiger partial charge < -0.3 is 9.88 Å². The highest BCUT2D eigenvalue weighted by Gasteiger charge is 2.14. The maximum atomic E-state index is 4.62. The Kier molecular flexibility index (Phi) is 3.95. The van der Waals surface area contributed by atoms with Crippen molar-refractivity contribution >= 4 is 33.8 Å². The Morgan fingerprint density at radius 2 is 1.95 bits per heavy atom. The van der Waals surface area contributed by atoms with Crippen LogP contribution in [0.2, 0.25) is 0 Å². The van der Waals surface area contributed by atoms with Gasteiger partial charge in [0, 0.05) is 10.9 Å².